The zero-order chi connectivity index (χ0) is 16.3. The van der Waals surface area contributed by atoms with Crippen molar-refractivity contribution in [1.82, 2.24) is 4.98 Å². The van der Waals surface area contributed by atoms with Crippen LogP contribution in [0.5, 0.6) is 11.5 Å². The lowest BCUT2D eigenvalue weighted by atomic mass is 10.3. The lowest BCUT2D eigenvalue weighted by Crippen LogP contribution is -2.20. The zero-order valence-electron chi connectivity index (χ0n) is 12.0. The highest BCUT2D eigenvalue weighted by Gasteiger charge is 2.16. The Morgan fingerprint density at radius 1 is 1.23 bits per heavy atom. The van der Waals surface area contributed by atoms with Gasteiger partial charge in [0.1, 0.15) is 15.8 Å². The van der Waals surface area contributed by atoms with E-state index in [4.69, 9.17) is 27.9 Å². The van der Waals surface area contributed by atoms with Gasteiger partial charge in [0, 0.05) is 0 Å². The number of carbonyl (C=O) groups excluding carboxylic acids is 1. The van der Waals surface area contributed by atoms with Crippen molar-refractivity contribution in [2.75, 3.05) is 11.9 Å². The maximum absolute atomic E-state index is 11.9. The second-order valence-corrected chi connectivity index (χ2v) is 5.35. The number of aromatic hydroxyl groups is 1. The minimum Gasteiger partial charge on any atom is -0.506 e. The van der Waals surface area contributed by atoms with Crippen LogP contribution < -0.4 is 10.1 Å². The Hall–Kier alpha value is -1.98. The molecule has 2 N–H and O–H groups in total. The van der Waals surface area contributed by atoms with Gasteiger partial charge in [0.05, 0.1) is 17.1 Å². The fourth-order valence-corrected chi connectivity index (χ4v) is 2.24. The van der Waals surface area contributed by atoms with E-state index in [-0.39, 0.29) is 28.2 Å². The fraction of sp³-hybridized carbons (Fsp3) is 0.200. The van der Waals surface area contributed by atoms with Crippen LogP contribution in [0.1, 0.15) is 11.4 Å². The number of hydrogen-bond donors (Lipinski definition) is 2. The smallest absolute Gasteiger partial charge is 0.262 e. The summed E-state index contributed by atoms with van der Waals surface area (Å²) in [6.45, 7) is 3.15. The summed E-state index contributed by atoms with van der Waals surface area (Å²) in [4.78, 5) is 16.0. The fourth-order valence-electron chi connectivity index (χ4n) is 1.80. The van der Waals surface area contributed by atoms with Crippen molar-refractivity contribution in [2.24, 2.45) is 0 Å². The number of pyridine rings is 1. The maximum atomic E-state index is 11.9. The average molecular weight is 341 g/mol. The van der Waals surface area contributed by atoms with Gasteiger partial charge in [-0.15, -0.1) is 0 Å². The lowest BCUT2D eigenvalue weighted by molar-refractivity contribution is -0.118. The monoisotopic (exact) mass is 340 g/mol. The highest BCUT2D eigenvalue weighted by molar-refractivity contribution is 6.37. The molecule has 116 valence electrons. The van der Waals surface area contributed by atoms with Crippen molar-refractivity contribution >= 4 is 34.8 Å². The van der Waals surface area contributed by atoms with Gasteiger partial charge in [-0.25, -0.2) is 0 Å². The molecule has 0 aliphatic heterocycles. The largest absolute Gasteiger partial charge is 0.506 e. The Balaban J connectivity index is 2.08. The Labute approximate surface area is 137 Å². The van der Waals surface area contributed by atoms with Crippen LogP contribution in [0.25, 0.3) is 0 Å². The van der Waals surface area contributed by atoms with E-state index in [0.717, 1.165) is 0 Å². The number of benzene rings is 1. The number of anilines is 1. The first-order valence-electron chi connectivity index (χ1n) is 6.43. The highest BCUT2D eigenvalue weighted by Crippen LogP contribution is 2.36. The van der Waals surface area contributed by atoms with Gasteiger partial charge < -0.3 is 15.2 Å². The molecule has 2 aromatic rings. The standard InChI is InChI=1S/C15H14Cl2N2O3/c1-8-13(16)15(14(17)9(2)18-8)22-7-12(21)19-10-5-3-4-6-11(10)20/h3-6,20H,7H2,1-2H3,(H,19,21). The van der Waals surface area contributed by atoms with Gasteiger partial charge in [-0.2, -0.15) is 0 Å². The van der Waals surface area contributed by atoms with E-state index in [0.29, 0.717) is 17.1 Å². The highest BCUT2D eigenvalue weighted by atomic mass is 35.5. The number of aromatic nitrogens is 1. The van der Waals surface area contributed by atoms with E-state index in [9.17, 15) is 9.90 Å². The third-order valence-electron chi connectivity index (χ3n) is 2.90. The van der Waals surface area contributed by atoms with E-state index in [1.165, 1.54) is 6.07 Å². The first-order chi connectivity index (χ1) is 10.4. The van der Waals surface area contributed by atoms with E-state index in [2.05, 4.69) is 10.3 Å². The molecule has 1 heterocycles. The molecule has 1 aromatic carbocycles. The van der Waals surface area contributed by atoms with Crippen LogP contribution >= 0.6 is 23.2 Å². The van der Waals surface area contributed by atoms with Crippen molar-refractivity contribution in [3.05, 3.63) is 45.7 Å². The summed E-state index contributed by atoms with van der Waals surface area (Å²) in [5, 5.41) is 12.7. The van der Waals surface area contributed by atoms with Crippen molar-refractivity contribution < 1.29 is 14.6 Å². The van der Waals surface area contributed by atoms with Crippen LogP contribution in [-0.4, -0.2) is 22.6 Å². The molecule has 2 rings (SSSR count). The Morgan fingerprint density at radius 3 is 2.41 bits per heavy atom. The number of para-hydroxylation sites is 2. The Kier molecular flexibility index (Phi) is 5.11. The summed E-state index contributed by atoms with van der Waals surface area (Å²) >= 11 is 12.2. The summed E-state index contributed by atoms with van der Waals surface area (Å²) in [6.07, 6.45) is 0. The van der Waals surface area contributed by atoms with Gasteiger partial charge in [-0.3, -0.25) is 9.78 Å². The van der Waals surface area contributed by atoms with Crippen molar-refractivity contribution in [1.29, 1.82) is 0 Å². The van der Waals surface area contributed by atoms with E-state index < -0.39 is 5.91 Å². The molecule has 0 fully saturated rings. The number of halogens is 2. The van der Waals surface area contributed by atoms with E-state index in [1.807, 2.05) is 0 Å². The van der Waals surface area contributed by atoms with Gasteiger partial charge in [0.15, 0.2) is 12.4 Å². The molecule has 0 saturated carbocycles. The Morgan fingerprint density at radius 2 is 1.82 bits per heavy atom. The van der Waals surface area contributed by atoms with Gasteiger partial charge >= 0.3 is 0 Å². The molecule has 0 atom stereocenters. The summed E-state index contributed by atoms with van der Waals surface area (Å²) in [7, 11) is 0. The molecule has 5 nitrogen and oxygen atoms in total. The molecule has 0 spiro atoms. The number of phenolic OH excluding ortho intramolecular Hbond substituents is 1. The van der Waals surface area contributed by atoms with E-state index >= 15 is 0 Å². The maximum Gasteiger partial charge on any atom is 0.262 e. The van der Waals surface area contributed by atoms with Crippen molar-refractivity contribution in [3.63, 3.8) is 0 Å². The number of nitrogens with zero attached hydrogens (tertiary/aromatic N) is 1. The van der Waals surface area contributed by atoms with Gasteiger partial charge in [0.25, 0.3) is 5.91 Å². The van der Waals surface area contributed by atoms with E-state index in [1.54, 1.807) is 32.0 Å². The van der Waals surface area contributed by atoms with Crippen LogP contribution in [0.2, 0.25) is 10.0 Å². The Bertz CT molecular complexity index is 694. The number of nitrogens with one attached hydrogen (secondary N) is 1. The van der Waals surface area contributed by atoms with Crippen LogP contribution in [0, 0.1) is 13.8 Å². The molecule has 0 aliphatic carbocycles. The molecule has 22 heavy (non-hydrogen) atoms. The minimum absolute atomic E-state index is 0.0254. The molecule has 0 aliphatic rings. The summed E-state index contributed by atoms with van der Waals surface area (Å²) in [5.74, 6) is -0.246. The molecular formula is C15H14Cl2N2O3. The molecule has 1 amide bonds. The summed E-state index contributed by atoms with van der Waals surface area (Å²) in [5.41, 5.74) is 1.44. The quantitative estimate of drug-likeness (QED) is 0.832. The lowest BCUT2D eigenvalue weighted by Gasteiger charge is -2.13. The normalized spacial score (nSPS) is 10.4. The number of ether oxygens (including phenoxy) is 1. The van der Waals surface area contributed by atoms with Crippen LogP contribution in [0.4, 0.5) is 5.69 Å². The number of aryl methyl sites for hydroxylation is 2. The second kappa shape index (κ2) is 6.85. The molecule has 7 heteroatoms. The predicted molar refractivity (Wildman–Crippen MR) is 86.0 cm³/mol. The zero-order valence-corrected chi connectivity index (χ0v) is 13.5. The van der Waals surface area contributed by atoms with Crippen molar-refractivity contribution in [2.45, 2.75) is 13.8 Å². The first-order valence-corrected chi connectivity index (χ1v) is 7.18. The number of amides is 1. The average Bonchev–Trinajstić information content (AvgIpc) is 2.47. The number of hydrogen-bond acceptors (Lipinski definition) is 4. The topological polar surface area (TPSA) is 71.5 Å². The number of carbonyl (C=O) groups is 1. The van der Waals surface area contributed by atoms with Crippen LogP contribution in [0.3, 0.4) is 0 Å². The predicted octanol–water partition coefficient (Wildman–Crippen LogP) is 3.73. The van der Waals surface area contributed by atoms with Crippen molar-refractivity contribution in [3.8, 4) is 11.5 Å². The van der Waals surface area contributed by atoms with Crippen LogP contribution in [-0.2, 0) is 4.79 Å². The number of phenols is 1. The molecule has 0 saturated heterocycles. The summed E-state index contributed by atoms with van der Waals surface area (Å²) in [6, 6.07) is 6.40. The van der Waals surface area contributed by atoms with Gasteiger partial charge in [0.2, 0.25) is 0 Å². The summed E-state index contributed by atoms with van der Waals surface area (Å²) < 4.78 is 5.41. The SMILES string of the molecule is Cc1nc(C)c(Cl)c(OCC(=O)Nc2ccccc2O)c1Cl. The van der Waals surface area contributed by atoms with Gasteiger partial charge in [-0.05, 0) is 26.0 Å². The molecule has 0 bridgehead atoms. The molecule has 1 aromatic heterocycles. The molecular weight excluding hydrogens is 327 g/mol. The third kappa shape index (κ3) is 3.61. The minimum atomic E-state index is -0.444. The second-order valence-electron chi connectivity index (χ2n) is 4.59. The van der Waals surface area contributed by atoms with Crippen LogP contribution in [0.15, 0.2) is 24.3 Å². The third-order valence-corrected chi connectivity index (χ3v) is 3.79. The molecule has 0 unspecified atom stereocenters. The molecule has 0 radical (unpaired) electrons. The number of rotatable bonds is 4. The first kappa shape index (κ1) is 16.4. The van der Waals surface area contributed by atoms with Gasteiger partial charge in [-0.1, -0.05) is 35.3 Å².